The summed E-state index contributed by atoms with van der Waals surface area (Å²) in [5, 5.41) is 3.79. The summed E-state index contributed by atoms with van der Waals surface area (Å²) in [4.78, 5) is 15.6. The monoisotopic (exact) mass is 321 g/mol. The molecule has 0 aliphatic heterocycles. The Kier molecular flexibility index (Phi) is 4.35. The van der Waals surface area contributed by atoms with Gasteiger partial charge < -0.3 is 0 Å². The second-order valence-electron chi connectivity index (χ2n) is 3.64. The van der Waals surface area contributed by atoms with Crippen LogP contribution in [0.3, 0.4) is 0 Å². The van der Waals surface area contributed by atoms with Crippen LogP contribution in [-0.4, -0.2) is 17.1 Å². The van der Waals surface area contributed by atoms with Crippen molar-refractivity contribution < 1.29 is 9.18 Å². The van der Waals surface area contributed by atoms with Gasteiger partial charge in [-0.15, -0.1) is 0 Å². The average Bonchev–Trinajstić information content (AvgIpc) is 2.41. The van der Waals surface area contributed by atoms with E-state index in [1.807, 2.05) is 0 Å². The largest absolute Gasteiger partial charge is 0.272 e. The van der Waals surface area contributed by atoms with Gasteiger partial charge in [-0.25, -0.2) is 9.82 Å². The summed E-state index contributed by atoms with van der Waals surface area (Å²) in [6, 6.07) is 7.40. The van der Waals surface area contributed by atoms with Crippen LogP contribution in [-0.2, 0) is 0 Å². The number of nitrogens with zero attached hydrogens (tertiary/aromatic N) is 2. The van der Waals surface area contributed by atoms with E-state index >= 15 is 0 Å². The van der Waals surface area contributed by atoms with Crippen LogP contribution in [0.15, 0.2) is 52.3 Å². The number of rotatable bonds is 3. The summed E-state index contributed by atoms with van der Waals surface area (Å²) < 4.78 is 13.4. The predicted octanol–water partition coefficient (Wildman–Crippen LogP) is 2.75. The van der Waals surface area contributed by atoms with E-state index in [0.29, 0.717) is 15.6 Å². The van der Waals surface area contributed by atoms with Crippen LogP contribution < -0.4 is 5.43 Å². The van der Waals surface area contributed by atoms with Gasteiger partial charge in [0.15, 0.2) is 0 Å². The first-order valence-electron chi connectivity index (χ1n) is 5.35. The number of hydrazone groups is 1. The Morgan fingerprint density at radius 1 is 1.32 bits per heavy atom. The quantitative estimate of drug-likeness (QED) is 0.698. The third-order valence-corrected chi connectivity index (χ3v) is 2.65. The third-order valence-electron chi connectivity index (χ3n) is 2.22. The molecule has 0 bridgehead atoms. The average molecular weight is 322 g/mol. The molecule has 2 aromatic rings. The van der Waals surface area contributed by atoms with Gasteiger partial charge in [-0.3, -0.25) is 9.78 Å². The van der Waals surface area contributed by atoms with Crippen molar-refractivity contribution in [1.29, 1.82) is 0 Å². The summed E-state index contributed by atoms with van der Waals surface area (Å²) in [6.07, 6.45) is 4.45. The summed E-state index contributed by atoms with van der Waals surface area (Å²) in [5.41, 5.74) is 3.45. The summed E-state index contributed by atoms with van der Waals surface area (Å²) in [7, 11) is 0. The minimum Gasteiger partial charge on any atom is -0.267 e. The van der Waals surface area contributed by atoms with Crippen molar-refractivity contribution in [2.75, 3.05) is 0 Å². The Balaban J connectivity index is 1.98. The van der Waals surface area contributed by atoms with E-state index < -0.39 is 0 Å². The van der Waals surface area contributed by atoms with Gasteiger partial charge in [0.1, 0.15) is 5.82 Å². The zero-order valence-electron chi connectivity index (χ0n) is 9.68. The zero-order chi connectivity index (χ0) is 13.7. The lowest BCUT2D eigenvalue weighted by Gasteiger charge is -1.99. The molecule has 4 nitrogen and oxygen atoms in total. The maximum atomic E-state index is 12.7. The van der Waals surface area contributed by atoms with E-state index in [-0.39, 0.29) is 11.7 Å². The smallest absolute Gasteiger partial charge is 0.267 e. The maximum absolute atomic E-state index is 12.7. The van der Waals surface area contributed by atoms with Crippen molar-refractivity contribution in [3.63, 3.8) is 0 Å². The van der Waals surface area contributed by atoms with Crippen molar-refractivity contribution in [3.05, 3.63) is 64.1 Å². The number of amides is 1. The normalized spacial score (nSPS) is 10.6. The van der Waals surface area contributed by atoms with Crippen molar-refractivity contribution >= 4 is 28.1 Å². The number of pyridine rings is 1. The molecule has 96 valence electrons. The minimum atomic E-state index is -0.368. The Labute approximate surface area is 117 Å². The lowest BCUT2D eigenvalue weighted by molar-refractivity contribution is 0.0954. The van der Waals surface area contributed by atoms with E-state index in [1.54, 1.807) is 24.4 Å². The standard InChI is InChI=1S/C13H9BrFN3O/c14-11-5-10(7-16-8-11)13(19)18-17-6-9-1-3-12(15)4-2-9/h1-8H,(H,18,19)/b17-6+. The molecular weight excluding hydrogens is 313 g/mol. The molecule has 0 atom stereocenters. The number of carbonyl (C=O) groups excluding carboxylic acids is 1. The van der Waals surface area contributed by atoms with Gasteiger partial charge in [-0.1, -0.05) is 12.1 Å². The number of aromatic nitrogens is 1. The van der Waals surface area contributed by atoms with Crippen LogP contribution in [0.1, 0.15) is 15.9 Å². The number of benzene rings is 1. The van der Waals surface area contributed by atoms with Gasteiger partial charge in [0.05, 0.1) is 11.8 Å². The Bertz CT molecular complexity index is 614. The molecule has 2 rings (SSSR count). The molecule has 0 saturated carbocycles. The van der Waals surface area contributed by atoms with Crippen molar-refractivity contribution in [2.24, 2.45) is 5.10 Å². The molecule has 6 heteroatoms. The van der Waals surface area contributed by atoms with Crippen molar-refractivity contribution in [1.82, 2.24) is 10.4 Å². The molecule has 0 radical (unpaired) electrons. The summed E-state index contributed by atoms with van der Waals surface area (Å²) in [6.45, 7) is 0. The molecule has 0 unspecified atom stereocenters. The first-order valence-corrected chi connectivity index (χ1v) is 6.14. The number of halogens is 2. The highest BCUT2D eigenvalue weighted by Crippen LogP contribution is 2.09. The lowest BCUT2D eigenvalue weighted by Crippen LogP contribution is -2.17. The molecular formula is C13H9BrFN3O. The molecule has 1 amide bonds. The fraction of sp³-hybridized carbons (Fsp3) is 0. The molecule has 1 heterocycles. The number of carbonyl (C=O) groups is 1. The molecule has 0 saturated heterocycles. The van der Waals surface area contributed by atoms with Crippen LogP contribution in [0.5, 0.6) is 0 Å². The van der Waals surface area contributed by atoms with Gasteiger partial charge >= 0.3 is 0 Å². The first-order chi connectivity index (χ1) is 9.15. The Morgan fingerprint density at radius 2 is 2.05 bits per heavy atom. The topological polar surface area (TPSA) is 54.4 Å². The van der Waals surface area contributed by atoms with Crippen molar-refractivity contribution in [2.45, 2.75) is 0 Å². The minimum absolute atomic E-state index is 0.318. The number of nitrogens with one attached hydrogen (secondary N) is 1. The summed E-state index contributed by atoms with van der Waals surface area (Å²) in [5.74, 6) is -0.687. The molecule has 1 aromatic carbocycles. The van der Waals surface area contributed by atoms with Crippen LogP contribution in [0, 0.1) is 5.82 Å². The van der Waals surface area contributed by atoms with Gasteiger partial charge in [0, 0.05) is 16.9 Å². The second kappa shape index (κ2) is 6.19. The first kappa shape index (κ1) is 13.4. The predicted molar refractivity (Wildman–Crippen MR) is 73.4 cm³/mol. The molecule has 0 fully saturated rings. The molecule has 19 heavy (non-hydrogen) atoms. The van der Waals surface area contributed by atoms with Crippen LogP contribution in [0.25, 0.3) is 0 Å². The fourth-order valence-corrected chi connectivity index (χ4v) is 1.68. The van der Waals surface area contributed by atoms with Gasteiger partial charge in [0.2, 0.25) is 0 Å². The molecule has 0 aliphatic carbocycles. The molecule has 1 N–H and O–H groups in total. The Hall–Kier alpha value is -2.08. The van der Waals surface area contributed by atoms with E-state index in [1.165, 1.54) is 24.5 Å². The van der Waals surface area contributed by atoms with Crippen LogP contribution >= 0.6 is 15.9 Å². The molecule has 0 aliphatic rings. The number of hydrogen-bond donors (Lipinski definition) is 1. The highest BCUT2D eigenvalue weighted by Gasteiger charge is 2.04. The second-order valence-corrected chi connectivity index (χ2v) is 4.56. The van der Waals surface area contributed by atoms with E-state index in [4.69, 9.17) is 0 Å². The zero-order valence-corrected chi connectivity index (χ0v) is 11.3. The fourth-order valence-electron chi connectivity index (χ4n) is 1.31. The third kappa shape index (κ3) is 3.96. The maximum Gasteiger partial charge on any atom is 0.272 e. The Morgan fingerprint density at radius 3 is 2.74 bits per heavy atom. The lowest BCUT2D eigenvalue weighted by atomic mass is 10.2. The van der Waals surface area contributed by atoms with Crippen molar-refractivity contribution in [3.8, 4) is 0 Å². The van der Waals surface area contributed by atoms with E-state index in [2.05, 4.69) is 31.4 Å². The van der Waals surface area contributed by atoms with E-state index in [9.17, 15) is 9.18 Å². The van der Waals surface area contributed by atoms with E-state index in [0.717, 1.165) is 0 Å². The molecule has 1 aromatic heterocycles. The molecule has 0 spiro atoms. The van der Waals surface area contributed by atoms with Gasteiger partial charge in [-0.05, 0) is 39.7 Å². The SMILES string of the molecule is O=C(N/N=C/c1ccc(F)cc1)c1cncc(Br)c1. The number of hydrogen-bond acceptors (Lipinski definition) is 3. The van der Waals surface area contributed by atoms with Crippen LogP contribution in [0.2, 0.25) is 0 Å². The summed E-state index contributed by atoms with van der Waals surface area (Å²) >= 11 is 3.23. The van der Waals surface area contributed by atoms with Crippen LogP contribution in [0.4, 0.5) is 4.39 Å². The van der Waals surface area contributed by atoms with Gasteiger partial charge in [-0.2, -0.15) is 5.10 Å². The highest BCUT2D eigenvalue weighted by molar-refractivity contribution is 9.10. The highest BCUT2D eigenvalue weighted by atomic mass is 79.9. The van der Waals surface area contributed by atoms with Gasteiger partial charge in [0.25, 0.3) is 5.91 Å².